The molecule has 2 saturated heterocycles. The quantitative estimate of drug-likeness (QED) is 0.213. The first kappa shape index (κ1) is 38.6. The molecule has 2 aliphatic heterocycles. The Kier molecular flexibility index (Phi) is 11.2. The first-order valence-electron chi connectivity index (χ1n) is 16.7. The fourth-order valence-electron chi connectivity index (χ4n) is 7.32. The number of ether oxygens (including phenoxy) is 1. The van der Waals surface area contributed by atoms with E-state index >= 15 is 0 Å². The Morgan fingerprint density at radius 2 is 1.75 bits per heavy atom. The number of carboxylic acids is 1. The normalized spacial score (nSPS) is 20.6. The van der Waals surface area contributed by atoms with E-state index < -0.39 is 63.3 Å². The molecule has 1 N–H and O–H groups in total. The largest absolute Gasteiger partial charge is 0.481 e. The lowest BCUT2D eigenvalue weighted by atomic mass is 9.71. The Bertz CT molecular complexity index is 1830. The van der Waals surface area contributed by atoms with Gasteiger partial charge in [0.15, 0.2) is 0 Å². The average Bonchev–Trinajstić information content (AvgIpc) is 3.60. The first-order chi connectivity index (χ1) is 24.6. The number of carboxylic acid groups (broad SMARTS) is 1. The van der Waals surface area contributed by atoms with Crippen LogP contribution in [0.4, 0.5) is 26.3 Å². The molecule has 0 spiro atoms. The van der Waals surface area contributed by atoms with Gasteiger partial charge in [-0.05, 0) is 55.4 Å². The Balaban J connectivity index is 1.53. The molecule has 2 aromatic heterocycles. The van der Waals surface area contributed by atoms with Gasteiger partial charge in [-0.3, -0.25) is 19.4 Å². The van der Waals surface area contributed by atoms with Gasteiger partial charge in [0.2, 0.25) is 5.60 Å². The Morgan fingerprint density at radius 3 is 2.37 bits per heavy atom. The topological polar surface area (TPSA) is 124 Å². The highest BCUT2D eigenvalue weighted by atomic mass is 32.1. The number of carbonyl (C=O) groups excluding carboxylic acids is 2. The zero-order valence-corrected chi connectivity index (χ0v) is 28.9. The van der Waals surface area contributed by atoms with Crippen LogP contribution in [0.25, 0.3) is 0 Å². The zero-order chi connectivity index (χ0) is 37.9. The number of carbonyl (C=O) groups is 3. The predicted molar refractivity (Wildman–Crippen MR) is 176 cm³/mol. The molecule has 0 saturated carbocycles. The van der Waals surface area contributed by atoms with Crippen molar-refractivity contribution in [1.29, 1.82) is 5.26 Å². The number of aromatic nitrogens is 1. The number of amides is 2. The fourth-order valence-corrected chi connectivity index (χ4v) is 8.00. The monoisotopic (exact) mass is 750 g/mol. The molecule has 3 aromatic rings. The molecule has 1 aromatic carbocycles. The predicted octanol–water partition coefficient (Wildman–Crippen LogP) is 7.50. The summed E-state index contributed by atoms with van der Waals surface area (Å²) in [5.74, 6) is -3.02. The van der Waals surface area contributed by atoms with Crippen LogP contribution in [0.15, 0.2) is 54.0 Å². The number of nitriles is 1. The summed E-state index contributed by atoms with van der Waals surface area (Å²) in [4.78, 5) is 45.5. The van der Waals surface area contributed by atoms with Gasteiger partial charge < -0.3 is 19.6 Å². The van der Waals surface area contributed by atoms with Crippen molar-refractivity contribution in [3.05, 3.63) is 81.3 Å². The van der Waals surface area contributed by atoms with E-state index in [0.29, 0.717) is 28.9 Å². The van der Waals surface area contributed by atoms with Gasteiger partial charge in [0, 0.05) is 50.1 Å². The van der Waals surface area contributed by atoms with Crippen LogP contribution < -0.4 is 4.74 Å². The van der Waals surface area contributed by atoms with Crippen molar-refractivity contribution in [3.63, 3.8) is 0 Å². The highest BCUT2D eigenvalue weighted by Gasteiger charge is 2.57. The number of likely N-dealkylation sites (tertiary alicyclic amines) is 2. The summed E-state index contributed by atoms with van der Waals surface area (Å²) in [5, 5.41) is 20.8. The smallest absolute Gasteiger partial charge is 0.425 e. The van der Waals surface area contributed by atoms with Crippen molar-refractivity contribution < 1.29 is 50.6 Å². The lowest BCUT2D eigenvalue weighted by molar-refractivity contribution is -0.160. The Hall–Kier alpha value is -4.65. The van der Waals surface area contributed by atoms with E-state index in [0.717, 1.165) is 34.7 Å². The minimum Gasteiger partial charge on any atom is -0.481 e. The van der Waals surface area contributed by atoms with Gasteiger partial charge in [0.1, 0.15) is 16.3 Å². The lowest BCUT2D eigenvalue weighted by Crippen LogP contribution is -2.68. The third-order valence-corrected chi connectivity index (χ3v) is 10.7. The van der Waals surface area contributed by atoms with E-state index in [1.165, 1.54) is 4.90 Å². The van der Waals surface area contributed by atoms with E-state index in [9.17, 15) is 51.1 Å². The number of hydrogen-bond acceptors (Lipinski definition) is 7. The minimum absolute atomic E-state index is 0.00740. The number of aryl methyl sites for hydroxylation is 1. The molecule has 9 nitrogen and oxygen atoms in total. The van der Waals surface area contributed by atoms with Gasteiger partial charge in [-0.2, -0.15) is 31.6 Å². The van der Waals surface area contributed by atoms with Gasteiger partial charge in [0.05, 0.1) is 23.1 Å². The van der Waals surface area contributed by atoms with E-state index in [-0.39, 0.29) is 70.3 Å². The second kappa shape index (κ2) is 15.1. The maximum absolute atomic E-state index is 14.9. The van der Waals surface area contributed by atoms with Crippen molar-refractivity contribution in [2.75, 3.05) is 19.6 Å². The number of nitrogens with zero attached hydrogens (tertiary/aromatic N) is 4. The summed E-state index contributed by atoms with van der Waals surface area (Å²) in [6.07, 6.45) is -7.85. The molecule has 4 heterocycles. The number of piperidine rings is 2. The van der Waals surface area contributed by atoms with Gasteiger partial charge in [-0.25, -0.2) is 0 Å². The highest BCUT2D eigenvalue weighted by molar-refractivity contribution is 7.10. The number of rotatable bonds is 10. The van der Waals surface area contributed by atoms with E-state index in [1.54, 1.807) is 31.2 Å². The van der Waals surface area contributed by atoms with Gasteiger partial charge in [-0.15, -0.1) is 11.3 Å². The molecule has 0 bridgehead atoms. The van der Waals surface area contributed by atoms with E-state index in [4.69, 9.17) is 4.74 Å². The summed E-state index contributed by atoms with van der Waals surface area (Å²) in [7, 11) is 0. The van der Waals surface area contributed by atoms with Gasteiger partial charge in [0.25, 0.3) is 11.8 Å². The van der Waals surface area contributed by atoms with Crippen LogP contribution in [0.1, 0.15) is 83.9 Å². The second-order valence-corrected chi connectivity index (χ2v) is 13.9. The SMILES string of the molecule is CCC[C@H]1N(C(=O)c2ncccc2C(F)(F)F)CCC[C@@]1(Oc1csc(C(F)(F)F)c1)C(=O)N1CCC(C#N)(c2ccccc2CCC(=O)O)CC1. The number of hydrogen-bond donors (Lipinski definition) is 1. The number of aliphatic carboxylic acids is 1. The highest BCUT2D eigenvalue weighted by Crippen LogP contribution is 2.44. The summed E-state index contributed by atoms with van der Waals surface area (Å²) in [6, 6.07) is 10.7. The maximum atomic E-state index is 14.9. The molecule has 2 aliphatic rings. The summed E-state index contributed by atoms with van der Waals surface area (Å²) >= 11 is 0.358. The molecule has 0 radical (unpaired) electrons. The van der Waals surface area contributed by atoms with E-state index in [1.807, 2.05) is 0 Å². The molecule has 278 valence electrons. The molecule has 2 fully saturated rings. The lowest BCUT2D eigenvalue weighted by Gasteiger charge is -2.51. The molecule has 2 atom stereocenters. The van der Waals surface area contributed by atoms with Crippen molar-refractivity contribution >= 4 is 29.1 Å². The molecule has 0 unspecified atom stereocenters. The average molecular weight is 751 g/mol. The minimum atomic E-state index is -4.92. The number of thiophene rings is 1. The summed E-state index contributed by atoms with van der Waals surface area (Å²) in [5.41, 5.74) is -3.89. The van der Waals surface area contributed by atoms with Crippen LogP contribution >= 0.6 is 11.3 Å². The molecule has 0 aliphatic carbocycles. The number of benzene rings is 1. The Morgan fingerprint density at radius 1 is 1.04 bits per heavy atom. The summed E-state index contributed by atoms with van der Waals surface area (Å²) < 4.78 is 89.3. The van der Waals surface area contributed by atoms with Crippen molar-refractivity contribution in [2.24, 2.45) is 0 Å². The van der Waals surface area contributed by atoms with E-state index in [2.05, 4.69) is 11.1 Å². The molecule has 5 rings (SSSR count). The third-order valence-electron chi connectivity index (χ3n) is 9.78. The number of halogens is 6. The third kappa shape index (κ3) is 7.74. The maximum Gasteiger partial charge on any atom is 0.425 e. The molecule has 2 amide bonds. The molecule has 16 heteroatoms. The number of alkyl halides is 6. The van der Waals surface area contributed by atoms with Crippen LogP contribution in [0.5, 0.6) is 5.75 Å². The number of pyridine rings is 1. The van der Waals surface area contributed by atoms with Crippen molar-refractivity contribution in [2.45, 2.75) is 87.7 Å². The van der Waals surface area contributed by atoms with Gasteiger partial charge >= 0.3 is 18.3 Å². The van der Waals surface area contributed by atoms with Crippen molar-refractivity contribution in [3.8, 4) is 11.8 Å². The zero-order valence-electron chi connectivity index (χ0n) is 28.1. The first-order valence-corrected chi connectivity index (χ1v) is 17.6. The fraction of sp³-hybridized carbons (Fsp3) is 0.472. The van der Waals surface area contributed by atoms with Crippen LogP contribution in [-0.2, 0) is 33.8 Å². The van der Waals surface area contributed by atoms with Crippen LogP contribution in [0, 0.1) is 11.3 Å². The standard InChI is InChI=1S/C36H36F6N4O5S/c1-2-7-27-34(51-24-20-28(52-21-24)36(40,41)42,13-6-17-46(27)31(49)30-26(35(37,38)39)10-5-16-44-30)32(50)45-18-14-33(22-43,15-19-45)25-9-4-3-8-23(25)11-12-29(47)48/h3-5,8-10,16,20-21,27H,2,6-7,11-15,17-19H2,1H3,(H,47,48)/t27-,34+/m1/s1. The van der Waals surface area contributed by atoms with Crippen LogP contribution in [0.3, 0.4) is 0 Å². The van der Waals surface area contributed by atoms with Crippen molar-refractivity contribution in [1.82, 2.24) is 14.8 Å². The van der Waals surface area contributed by atoms with Crippen LogP contribution in [-0.4, -0.2) is 69.0 Å². The molecule has 52 heavy (non-hydrogen) atoms. The molecular weight excluding hydrogens is 714 g/mol. The van der Waals surface area contributed by atoms with Gasteiger partial charge in [-0.1, -0.05) is 37.6 Å². The Labute approximate surface area is 299 Å². The second-order valence-electron chi connectivity index (χ2n) is 13.0. The summed E-state index contributed by atoms with van der Waals surface area (Å²) in [6.45, 7) is 1.70. The van der Waals surface area contributed by atoms with Crippen LogP contribution in [0.2, 0.25) is 0 Å². The molecular formula is C36H36F6N4O5S.